The summed E-state index contributed by atoms with van der Waals surface area (Å²) >= 11 is 1.88. The van der Waals surface area contributed by atoms with Crippen LogP contribution in [0.1, 0.15) is 0 Å². The summed E-state index contributed by atoms with van der Waals surface area (Å²) in [7, 11) is 0. The van der Waals surface area contributed by atoms with E-state index in [1.807, 2.05) is 11.3 Å². The van der Waals surface area contributed by atoms with Gasteiger partial charge in [-0.25, -0.2) is 0 Å². The van der Waals surface area contributed by atoms with Crippen molar-refractivity contribution < 1.29 is 0 Å². The monoisotopic (exact) mass is 588 g/mol. The Kier molecular flexibility index (Phi) is 6.11. The maximum absolute atomic E-state index is 2.33. The smallest absolute Gasteiger partial charge is 0.0433 e. The minimum atomic E-state index is 1.23. The van der Waals surface area contributed by atoms with Gasteiger partial charge >= 0.3 is 0 Å². The number of hydrogen-bond acceptors (Lipinski definition) is 1. The number of thiophene rings is 1. The van der Waals surface area contributed by atoms with Gasteiger partial charge in [0.1, 0.15) is 0 Å². The molecule has 0 aliphatic carbocycles. The molecule has 1 heterocycles. The second-order valence-corrected chi connectivity index (χ2v) is 12.8. The molecule has 0 saturated heterocycles. The fraction of sp³-hybridized carbons (Fsp3) is 0. The van der Waals surface area contributed by atoms with E-state index < -0.39 is 0 Å². The maximum atomic E-state index is 2.33. The molecule has 9 aromatic rings. The molecule has 1 heteroatoms. The van der Waals surface area contributed by atoms with E-state index in [1.54, 1.807) is 0 Å². The van der Waals surface area contributed by atoms with Gasteiger partial charge in [0.2, 0.25) is 0 Å². The first-order valence-corrected chi connectivity index (χ1v) is 16.2. The highest BCUT2D eigenvalue weighted by atomic mass is 32.1. The van der Waals surface area contributed by atoms with Crippen LogP contribution in [0.3, 0.4) is 0 Å². The van der Waals surface area contributed by atoms with Crippen molar-refractivity contribution in [2.45, 2.75) is 0 Å². The average molecular weight is 589 g/mol. The molecule has 0 aliphatic rings. The molecule has 45 heavy (non-hydrogen) atoms. The fourth-order valence-corrected chi connectivity index (χ4v) is 8.08. The molecule has 0 fully saturated rings. The molecule has 0 unspecified atom stereocenters. The number of fused-ring (bicyclic) bond motifs is 5. The van der Waals surface area contributed by atoms with Crippen molar-refractivity contribution in [1.82, 2.24) is 0 Å². The van der Waals surface area contributed by atoms with Crippen LogP contribution in [0.25, 0.3) is 86.2 Å². The SMILES string of the molecule is c1cc(-c2ccc3ccccc3c2)cc(-c2ccc(-c3ccc(-c4cccc5c4sc4ccccc45)cc3)c3ccccc23)c1. The van der Waals surface area contributed by atoms with Crippen LogP contribution in [0.4, 0.5) is 0 Å². The summed E-state index contributed by atoms with van der Waals surface area (Å²) in [6.07, 6.45) is 0. The second-order valence-electron chi connectivity index (χ2n) is 11.7. The van der Waals surface area contributed by atoms with Crippen molar-refractivity contribution in [3.8, 4) is 44.5 Å². The van der Waals surface area contributed by atoms with E-state index in [4.69, 9.17) is 0 Å². The number of benzene rings is 8. The van der Waals surface area contributed by atoms with Gasteiger partial charge in [0.05, 0.1) is 0 Å². The molecule has 8 aromatic carbocycles. The molecule has 9 rings (SSSR count). The minimum absolute atomic E-state index is 1.23. The van der Waals surface area contributed by atoms with Crippen LogP contribution in [0.2, 0.25) is 0 Å². The van der Waals surface area contributed by atoms with Crippen LogP contribution < -0.4 is 0 Å². The van der Waals surface area contributed by atoms with Crippen molar-refractivity contribution >= 4 is 53.1 Å². The molecular weight excluding hydrogens is 561 g/mol. The fourth-order valence-electron chi connectivity index (χ4n) is 6.84. The Balaban J connectivity index is 1.10. The largest absolute Gasteiger partial charge is 0.135 e. The summed E-state index contributed by atoms with van der Waals surface area (Å²) in [6, 6.07) is 62.2. The zero-order chi connectivity index (χ0) is 29.7. The lowest BCUT2D eigenvalue weighted by Gasteiger charge is -2.14. The van der Waals surface area contributed by atoms with Crippen molar-refractivity contribution in [2.24, 2.45) is 0 Å². The molecule has 0 amide bonds. The summed E-state index contributed by atoms with van der Waals surface area (Å²) < 4.78 is 2.69. The standard InChI is InChI=1S/C44H28S/c1-2-10-32-27-34(24-19-29(32)9-1)33-11-7-12-35(28-33)37-26-25-36(39-13-3-4-14-40(37)39)30-20-22-31(23-21-30)38-16-8-17-42-41-15-5-6-18-43(41)45-44(38)42/h1-28H. The van der Waals surface area contributed by atoms with E-state index in [0.717, 1.165) is 0 Å². The van der Waals surface area contributed by atoms with Gasteiger partial charge < -0.3 is 0 Å². The lowest BCUT2D eigenvalue weighted by atomic mass is 9.90. The summed E-state index contributed by atoms with van der Waals surface area (Å²) in [5.74, 6) is 0. The molecule has 1 aromatic heterocycles. The van der Waals surface area contributed by atoms with Gasteiger partial charge in [-0.05, 0) is 84.3 Å². The normalized spacial score (nSPS) is 11.6. The zero-order valence-electron chi connectivity index (χ0n) is 24.6. The lowest BCUT2D eigenvalue weighted by Crippen LogP contribution is -1.87. The van der Waals surface area contributed by atoms with Gasteiger partial charge in [-0.15, -0.1) is 11.3 Å². The molecule has 0 nitrogen and oxygen atoms in total. The molecule has 0 radical (unpaired) electrons. The summed E-state index contributed by atoms with van der Waals surface area (Å²) in [4.78, 5) is 0. The van der Waals surface area contributed by atoms with Gasteiger partial charge in [-0.3, -0.25) is 0 Å². The molecule has 0 aliphatic heterocycles. The summed E-state index contributed by atoms with van der Waals surface area (Å²) in [6.45, 7) is 0. The summed E-state index contributed by atoms with van der Waals surface area (Å²) in [5, 5.41) is 7.75. The van der Waals surface area contributed by atoms with Gasteiger partial charge in [0.15, 0.2) is 0 Å². The second kappa shape index (κ2) is 10.6. The number of hydrogen-bond donors (Lipinski definition) is 0. The Morgan fingerprint density at radius 1 is 0.289 bits per heavy atom. The summed E-state index contributed by atoms with van der Waals surface area (Å²) in [5.41, 5.74) is 9.99. The first-order chi connectivity index (χ1) is 22.3. The molecular formula is C44H28S. The van der Waals surface area contributed by atoms with Crippen molar-refractivity contribution in [3.63, 3.8) is 0 Å². The predicted molar refractivity (Wildman–Crippen MR) is 196 cm³/mol. The highest BCUT2D eigenvalue weighted by molar-refractivity contribution is 7.26. The Labute approximate surface area is 266 Å². The topological polar surface area (TPSA) is 0 Å². The van der Waals surface area contributed by atoms with Crippen molar-refractivity contribution in [2.75, 3.05) is 0 Å². The molecule has 0 atom stereocenters. The number of rotatable bonds is 4. The van der Waals surface area contributed by atoms with Gasteiger partial charge in [-0.2, -0.15) is 0 Å². The van der Waals surface area contributed by atoms with E-state index in [0.29, 0.717) is 0 Å². The van der Waals surface area contributed by atoms with Crippen LogP contribution in [-0.2, 0) is 0 Å². The Morgan fingerprint density at radius 2 is 0.844 bits per heavy atom. The third kappa shape index (κ3) is 4.44. The lowest BCUT2D eigenvalue weighted by molar-refractivity contribution is 1.60. The molecule has 0 saturated carbocycles. The van der Waals surface area contributed by atoms with Gasteiger partial charge in [0.25, 0.3) is 0 Å². The first kappa shape index (κ1) is 25.9. The van der Waals surface area contributed by atoms with Gasteiger partial charge in [-0.1, -0.05) is 152 Å². The maximum Gasteiger partial charge on any atom is 0.0433 e. The van der Waals surface area contributed by atoms with E-state index in [-0.39, 0.29) is 0 Å². The third-order valence-electron chi connectivity index (χ3n) is 9.09. The van der Waals surface area contributed by atoms with Gasteiger partial charge in [0, 0.05) is 20.2 Å². The van der Waals surface area contributed by atoms with Crippen molar-refractivity contribution in [1.29, 1.82) is 0 Å². The molecule has 0 bridgehead atoms. The quantitative estimate of drug-likeness (QED) is 0.192. The van der Waals surface area contributed by atoms with Crippen molar-refractivity contribution in [3.05, 3.63) is 170 Å². The highest BCUT2D eigenvalue weighted by Gasteiger charge is 2.13. The Bertz CT molecular complexity index is 2530. The third-order valence-corrected chi connectivity index (χ3v) is 10.3. The van der Waals surface area contributed by atoms with E-state index in [2.05, 4.69) is 170 Å². The van der Waals surface area contributed by atoms with Crippen LogP contribution in [0.5, 0.6) is 0 Å². The van der Waals surface area contributed by atoms with Crippen LogP contribution in [0.15, 0.2) is 170 Å². The van der Waals surface area contributed by atoms with E-state index in [1.165, 1.54) is 86.2 Å². The van der Waals surface area contributed by atoms with E-state index >= 15 is 0 Å². The zero-order valence-corrected chi connectivity index (χ0v) is 25.4. The van der Waals surface area contributed by atoms with Crippen LogP contribution >= 0.6 is 11.3 Å². The predicted octanol–water partition coefficient (Wildman–Crippen LogP) is 13.0. The van der Waals surface area contributed by atoms with Crippen LogP contribution in [0, 0.1) is 0 Å². The Morgan fingerprint density at radius 3 is 1.64 bits per heavy atom. The van der Waals surface area contributed by atoms with Crippen LogP contribution in [-0.4, -0.2) is 0 Å². The molecule has 0 spiro atoms. The minimum Gasteiger partial charge on any atom is -0.135 e. The molecule has 0 N–H and O–H groups in total. The average Bonchev–Trinajstić information content (AvgIpc) is 3.50. The first-order valence-electron chi connectivity index (χ1n) is 15.4. The Hall–Kier alpha value is -5.50. The molecule has 210 valence electrons. The highest BCUT2D eigenvalue weighted by Crippen LogP contribution is 2.41. The van der Waals surface area contributed by atoms with E-state index in [9.17, 15) is 0 Å².